The van der Waals surface area contributed by atoms with Gasteiger partial charge < -0.3 is 9.64 Å². The third-order valence-corrected chi connectivity index (χ3v) is 7.22. The molecule has 0 atom stereocenters. The summed E-state index contributed by atoms with van der Waals surface area (Å²) in [5, 5.41) is 2.71. The Morgan fingerprint density at radius 3 is 2.81 bits per heavy atom. The van der Waals surface area contributed by atoms with E-state index >= 15 is 0 Å². The highest BCUT2D eigenvalue weighted by Crippen LogP contribution is 2.37. The lowest BCUT2D eigenvalue weighted by Crippen LogP contribution is -2.43. The van der Waals surface area contributed by atoms with Crippen molar-refractivity contribution in [3.63, 3.8) is 0 Å². The lowest BCUT2D eigenvalue weighted by Gasteiger charge is -2.30. The number of aromatic nitrogens is 1. The smallest absolute Gasteiger partial charge is 0.242 e. The molecule has 164 valence electrons. The third-order valence-electron chi connectivity index (χ3n) is 6.30. The largest absolute Gasteiger partial charge is 0.379 e. The molecule has 1 aromatic carbocycles. The van der Waals surface area contributed by atoms with E-state index in [1.807, 2.05) is 16.3 Å². The highest BCUT2D eigenvalue weighted by atomic mass is 32.1. The molecular formula is C23H28N4O3S. The van der Waals surface area contributed by atoms with E-state index in [0.717, 1.165) is 62.3 Å². The number of carbonyl (C=O) groups is 2. The zero-order chi connectivity index (χ0) is 21.4. The zero-order valence-electron chi connectivity index (χ0n) is 17.9. The molecule has 1 aliphatic carbocycles. The minimum Gasteiger partial charge on any atom is -0.379 e. The summed E-state index contributed by atoms with van der Waals surface area (Å²) >= 11 is 1.48. The molecule has 5 rings (SSSR count). The number of nitrogens with zero attached hydrogens (tertiary/aromatic N) is 4. The standard InChI is InChI=1S/C23H28N4O3S/c1-25(21(28)14-26-9-11-30-12-10-26)23-24-19(15-31-23)17-6-7-20-18(13-17)3-2-8-27(20)22(29)16-4-5-16/h6-7,13,15-16H,2-5,8-12,14H2,1H3. The first-order chi connectivity index (χ1) is 15.1. The van der Waals surface area contributed by atoms with Crippen LogP contribution in [0.15, 0.2) is 23.6 Å². The fourth-order valence-corrected chi connectivity index (χ4v) is 5.07. The monoisotopic (exact) mass is 440 g/mol. The predicted molar refractivity (Wildman–Crippen MR) is 122 cm³/mol. The Labute approximate surface area is 186 Å². The lowest BCUT2D eigenvalue weighted by atomic mass is 9.98. The van der Waals surface area contributed by atoms with E-state index < -0.39 is 0 Å². The van der Waals surface area contributed by atoms with Crippen molar-refractivity contribution in [3.05, 3.63) is 29.1 Å². The number of hydrogen-bond acceptors (Lipinski definition) is 6. The molecule has 0 unspecified atom stereocenters. The molecule has 8 heteroatoms. The fourth-order valence-electron chi connectivity index (χ4n) is 4.25. The Balaban J connectivity index is 1.30. The van der Waals surface area contributed by atoms with Gasteiger partial charge in [-0.05, 0) is 43.4 Å². The number of amides is 2. The molecule has 0 bridgehead atoms. The van der Waals surface area contributed by atoms with E-state index in [1.165, 1.54) is 16.9 Å². The molecule has 0 radical (unpaired) electrons. The van der Waals surface area contributed by atoms with Gasteiger partial charge in [0.05, 0.1) is 25.5 Å². The van der Waals surface area contributed by atoms with Gasteiger partial charge >= 0.3 is 0 Å². The van der Waals surface area contributed by atoms with Crippen molar-refractivity contribution in [2.45, 2.75) is 25.7 Å². The number of benzene rings is 1. The highest BCUT2D eigenvalue weighted by molar-refractivity contribution is 7.14. The topological polar surface area (TPSA) is 66.0 Å². The summed E-state index contributed by atoms with van der Waals surface area (Å²) in [6.45, 7) is 4.15. The maximum atomic E-state index is 12.7. The van der Waals surface area contributed by atoms with Crippen molar-refractivity contribution in [2.24, 2.45) is 5.92 Å². The molecule has 2 amide bonds. The lowest BCUT2D eigenvalue weighted by molar-refractivity contribution is -0.121. The summed E-state index contributed by atoms with van der Waals surface area (Å²) in [6.07, 6.45) is 4.03. The van der Waals surface area contributed by atoms with Gasteiger partial charge in [0.25, 0.3) is 0 Å². The van der Waals surface area contributed by atoms with E-state index in [1.54, 1.807) is 11.9 Å². The number of ether oxygens (including phenoxy) is 1. The Morgan fingerprint density at radius 1 is 1.23 bits per heavy atom. The molecular weight excluding hydrogens is 412 g/mol. The second kappa shape index (κ2) is 8.68. The van der Waals surface area contributed by atoms with Crippen LogP contribution in [0.25, 0.3) is 11.3 Å². The van der Waals surface area contributed by atoms with Gasteiger partial charge in [-0.2, -0.15) is 0 Å². The molecule has 2 aromatic rings. The summed E-state index contributed by atoms with van der Waals surface area (Å²) < 4.78 is 5.35. The van der Waals surface area contributed by atoms with Crippen molar-refractivity contribution in [3.8, 4) is 11.3 Å². The van der Waals surface area contributed by atoms with Gasteiger partial charge in [-0.3, -0.25) is 19.4 Å². The number of morpholine rings is 1. The molecule has 0 spiro atoms. The maximum absolute atomic E-state index is 12.7. The van der Waals surface area contributed by atoms with Gasteiger partial charge in [-0.25, -0.2) is 4.98 Å². The molecule has 31 heavy (non-hydrogen) atoms. The molecule has 1 saturated heterocycles. The van der Waals surface area contributed by atoms with E-state index in [-0.39, 0.29) is 17.7 Å². The summed E-state index contributed by atoms with van der Waals surface area (Å²) in [6, 6.07) is 6.28. The predicted octanol–water partition coefficient (Wildman–Crippen LogP) is 2.79. The third kappa shape index (κ3) is 4.37. The van der Waals surface area contributed by atoms with Crippen molar-refractivity contribution in [2.75, 3.05) is 56.2 Å². The summed E-state index contributed by atoms with van der Waals surface area (Å²) in [7, 11) is 1.79. The van der Waals surface area contributed by atoms with E-state index in [4.69, 9.17) is 9.72 Å². The normalized spacial score (nSPS) is 19.2. The Hall–Kier alpha value is -2.29. The van der Waals surface area contributed by atoms with Gasteiger partial charge in [0, 0.05) is 49.2 Å². The van der Waals surface area contributed by atoms with Crippen LogP contribution in [0.5, 0.6) is 0 Å². The second-order valence-corrected chi connectivity index (χ2v) is 9.40. The van der Waals surface area contributed by atoms with E-state index in [9.17, 15) is 9.59 Å². The molecule has 7 nitrogen and oxygen atoms in total. The van der Waals surface area contributed by atoms with Crippen LogP contribution in [0.1, 0.15) is 24.8 Å². The van der Waals surface area contributed by atoms with E-state index in [0.29, 0.717) is 24.9 Å². The molecule has 2 fully saturated rings. The van der Waals surface area contributed by atoms with Crippen molar-refractivity contribution in [1.82, 2.24) is 9.88 Å². The van der Waals surface area contributed by atoms with Crippen LogP contribution >= 0.6 is 11.3 Å². The van der Waals surface area contributed by atoms with Crippen LogP contribution in [0, 0.1) is 5.92 Å². The quantitative estimate of drug-likeness (QED) is 0.715. The van der Waals surface area contributed by atoms with Gasteiger partial charge in [0.15, 0.2) is 5.13 Å². The van der Waals surface area contributed by atoms with Crippen molar-refractivity contribution in [1.29, 1.82) is 0 Å². The molecule has 2 aliphatic heterocycles. The average molecular weight is 441 g/mol. The fraction of sp³-hybridized carbons (Fsp3) is 0.522. The van der Waals surface area contributed by atoms with Gasteiger partial charge in [0.1, 0.15) is 0 Å². The molecule has 0 N–H and O–H groups in total. The van der Waals surface area contributed by atoms with Gasteiger partial charge in [0.2, 0.25) is 11.8 Å². The number of aryl methyl sites for hydroxylation is 1. The zero-order valence-corrected chi connectivity index (χ0v) is 18.7. The minimum atomic E-state index is 0.0440. The van der Waals surface area contributed by atoms with E-state index in [2.05, 4.69) is 17.0 Å². The molecule has 3 heterocycles. The van der Waals surface area contributed by atoms with Crippen LogP contribution in [-0.4, -0.2) is 68.1 Å². The number of carbonyl (C=O) groups excluding carboxylic acids is 2. The first-order valence-electron chi connectivity index (χ1n) is 11.1. The van der Waals surface area contributed by atoms with Crippen molar-refractivity contribution < 1.29 is 14.3 Å². The number of anilines is 2. The average Bonchev–Trinajstić information content (AvgIpc) is 3.54. The van der Waals surface area contributed by atoms with Gasteiger partial charge in [-0.15, -0.1) is 11.3 Å². The maximum Gasteiger partial charge on any atom is 0.242 e. The first kappa shape index (κ1) is 20.6. The van der Waals surface area contributed by atoms with Crippen LogP contribution in [0.2, 0.25) is 0 Å². The Kier molecular flexibility index (Phi) is 5.77. The minimum absolute atomic E-state index is 0.0440. The molecule has 1 aromatic heterocycles. The Bertz CT molecular complexity index is 981. The van der Waals surface area contributed by atoms with Crippen LogP contribution < -0.4 is 9.80 Å². The summed E-state index contributed by atoms with van der Waals surface area (Å²) in [4.78, 5) is 35.8. The number of fused-ring (bicyclic) bond motifs is 1. The Morgan fingerprint density at radius 2 is 2.03 bits per heavy atom. The van der Waals surface area contributed by atoms with Crippen LogP contribution in [-0.2, 0) is 20.7 Å². The number of likely N-dealkylation sites (N-methyl/N-ethyl adjacent to an activating group) is 1. The van der Waals surface area contributed by atoms with Crippen LogP contribution in [0.3, 0.4) is 0 Å². The highest BCUT2D eigenvalue weighted by Gasteiger charge is 2.35. The SMILES string of the molecule is CN(C(=O)CN1CCOCC1)c1nc(-c2ccc3c(c2)CCCN3C(=O)C2CC2)cs1. The molecule has 1 saturated carbocycles. The number of rotatable bonds is 5. The number of hydrogen-bond donors (Lipinski definition) is 0. The summed E-state index contributed by atoms with van der Waals surface area (Å²) in [5.74, 6) is 0.560. The molecule has 3 aliphatic rings. The number of thiazole rings is 1. The van der Waals surface area contributed by atoms with Crippen LogP contribution in [0.4, 0.5) is 10.8 Å². The van der Waals surface area contributed by atoms with Crippen molar-refractivity contribution >= 4 is 34.0 Å². The summed E-state index contributed by atoms with van der Waals surface area (Å²) in [5.41, 5.74) is 4.18. The second-order valence-electron chi connectivity index (χ2n) is 8.57. The van der Waals surface area contributed by atoms with Gasteiger partial charge in [-0.1, -0.05) is 6.07 Å². The first-order valence-corrected chi connectivity index (χ1v) is 11.9.